The second kappa shape index (κ2) is 12.6. The van der Waals surface area contributed by atoms with Crippen molar-refractivity contribution in [2.24, 2.45) is 0 Å². The Bertz CT molecular complexity index is 1870. The smallest absolute Gasteiger partial charge is 0.296 e. The zero-order valence-electron chi connectivity index (χ0n) is 26.1. The first-order valence-electron chi connectivity index (χ1n) is 15.3. The van der Waals surface area contributed by atoms with Crippen molar-refractivity contribution in [3.8, 4) is 0 Å². The molecule has 3 aliphatic rings. The van der Waals surface area contributed by atoms with Gasteiger partial charge < -0.3 is 24.5 Å². The molecule has 11 nitrogen and oxygen atoms in total. The Morgan fingerprint density at radius 1 is 0.957 bits per heavy atom. The van der Waals surface area contributed by atoms with Gasteiger partial charge in [-0.05, 0) is 63.5 Å². The molecule has 0 radical (unpaired) electrons. The number of fused-ring (bicyclic) bond motifs is 2. The molecule has 0 bridgehead atoms. The van der Waals surface area contributed by atoms with E-state index in [2.05, 4.69) is 0 Å². The van der Waals surface area contributed by atoms with E-state index in [0.717, 1.165) is 0 Å². The maximum absolute atomic E-state index is 14.9. The molecular weight excluding hydrogens is 627 g/mol. The summed E-state index contributed by atoms with van der Waals surface area (Å²) < 4.78 is 47.9. The van der Waals surface area contributed by atoms with Gasteiger partial charge >= 0.3 is 0 Å². The van der Waals surface area contributed by atoms with Gasteiger partial charge in [0, 0.05) is 36.3 Å². The van der Waals surface area contributed by atoms with Crippen molar-refractivity contribution < 1.29 is 37.0 Å². The molecule has 13 heteroatoms. The van der Waals surface area contributed by atoms with E-state index in [1.807, 2.05) is 19.0 Å². The predicted octanol–water partition coefficient (Wildman–Crippen LogP) is 2.92. The van der Waals surface area contributed by atoms with Crippen LogP contribution in [0.3, 0.4) is 0 Å². The van der Waals surface area contributed by atoms with Crippen LogP contribution in [0.5, 0.6) is 0 Å². The van der Waals surface area contributed by atoms with Gasteiger partial charge in [-0.2, -0.15) is 4.31 Å². The van der Waals surface area contributed by atoms with Gasteiger partial charge in [-0.3, -0.25) is 14.4 Å². The largest absolute Gasteiger partial charge is 0.507 e. The van der Waals surface area contributed by atoms with Gasteiger partial charge in [0.05, 0.1) is 35.9 Å². The van der Waals surface area contributed by atoms with Crippen LogP contribution >= 0.6 is 0 Å². The van der Waals surface area contributed by atoms with Crippen LogP contribution < -0.4 is 4.90 Å². The number of benzene rings is 3. The van der Waals surface area contributed by atoms with Crippen LogP contribution in [0.1, 0.15) is 23.1 Å². The number of carbonyl (C=O) groups is 3. The summed E-state index contributed by atoms with van der Waals surface area (Å²) >= 11 is 0. The second-order valence-electron chi connectivity index (χ2n) is 11.9. The fourth-order valence-electron chi connectivity index (χ4n) is 6.53. The number of morpholine rings is 1. The number of anilines is 1. The third-order valence-corrected chi connectivity index (χ3v) is 10.7. The molecule has 246 valence electrons. The first-order valence-corrected chi connectivity index (χ1v) is 16.7. The van der Waals surface area contributed by atoms with E-state index in [-0.39, 0.29) is 55.4 Å². The normalized spacial score (nSPS) is 21.3. The maximum atomic E-state index is 14.9. The standard InChI is InChI=1S/C34H35FN4O7S/c1-36(2)16-7-17-39-32(42)31(41)29(30(40)23-12-14-25(15-13-23)47(44,45)37-18-20-46-21-19-37)34(39)26-9-4-6-11-28(26)38(33(34)43)22-24-8-3-5-10-27(24)35/h3-6,8-15,40H,7,16-22H2,1-2H3. The van der Waals surface area contributed by atoms with E-state index in [4.69, 9.17) is 4.74 Å². The summed E-state index contributed by atoms with van der Waals surface area (Å²) in [6.07, 6.45) is 0.415. The van der Waals surface area contributed by atoms with Crippen molar-refractivity contribution in [3.05, 3.63) is 101 Å². The van der Waals surface area contributed by atoms with Crippen LogP contribution in [0, 0.1) is 5.82 Å². The molecular formula is C34H35FN4O7S. The molecule has 0 aliphatic carbocycles. The number of hydrogen-bond acceptors (Lipinski definition) is 8. The molecule has 1 atom stereocenters. The number of aliphatic hydroxyl groups excluding tert-OH is 1. The molecule has 1 N–H and O–H groups in total. The fourth-order valence-corrected chi connectivity index (χ4v) is 7.94. The summed E-state index contributed by atoms with van der Waals surface area (Å²) in [7, 11) is -0.130. The molecule has 3 aromatic rings. The van der Waals surface area contributed by atoms with Crippen LogP contribution in [0.2, 0.25) is 0 Å². The van der Waals surface area contributed by atoms with E-state index >= 15 is 0 Å². The van der Waals surface area contributed by atoms with Gasteiger partial charge in [-0.1, -0.05) is 36.4 Å². The Labute approximate surface area is 272 Å². The first kappa shape index (κ1) is 32.5. The minimum absolute atomic E-state index is 0.0177. The fraction of sp³-hybridized carbons (Fsp3) is 0.324. The summed E-state index contributed by atoms with van der Waals surface area (Å²) in [6.45, 7) is 1.34. The van der Waals surface area contributed by atoms with Crippen molar-refractivity contribution in [2.75, 3.05) is 58.4 Å². The Hall–Kier alpha value is -4.43. The first-order chi connectivity index (χ1) is 22.5. The van der Waals surface area contributed by atoms with Crippen molar-refractivity contribution in [1.29, 1.82) is 0 Å². The molecule has 1 unspecified atom stereocenters. The number of Topliss-reactive ketones (excluding diaryl/α,β-unsaturated/α-hetero) is 1. The highest BCUT2D eigenvalue weighted by Crippen LogP contribution is 2.54. The van der Waals surface area contributed by atoms with Crippen LogP contribution in [0.25, 0.3) is 5.76 Å². The van der Waals surface area contributed by atoms with Gasteiger partial charge in [0.15, 0.2) is 5.54 Å². The summed E-state index contributed by atoms with van der Waals surface area (Å²) in [4.78, 5) is 47.0. The van der Waals surface area contributed by atoms with Crippen molar-refractivity contribution in [3.63, 3.8) is 0 Å². The number of sulfonamides is 1. The van der Waals surface area contributed by atoms with E-state index < -0.39 is 50.3 Å². The molecule has 2 saturated heterocycles. The number of amides is 2. The molecule has 0 saturated carbocycles. The lowest BCUT2D eigenvalue weighted by atomic mass is 9.82. The number of para-hydroxylation sites is 1. The van der Waals surface area contributed by atoms with E-state index in [1.165, 1.54) is 50.5 Å². The summed E-state index contributed by atoms with van der Waals surface area (Å²) in [5.74, 6) is -3.82. The van der Waals surface area contributed by atoms with Gasteiger partial charge in [-0.15, -0.1) is 0 Å². The summed E-state index contributed by atoms with van der Waals surface area (Å²) in [6, 6.07) is 18.0. The molecule has 3 aromatic carbocycles. The predicted molar refractivity (Wildman–Crippen MR) is 171 cm³/mol. The average Bonchev–Trinajstić information content (AvgIpc) is 3.44. The molecule has 1 spiro atoms. The summed E-state index contributed by atoms with van der Waals surface area (Å²) in [5.41, 5.74) is -1.50. The minimum atomic E-state index is -3.85. The lowest BCUT2D eigenvalue weighted by Crippen LogP contribution is -2.52. The Balaban J connectivity index is 1.49. The van der Waals surface area contributed by atoms with Gasteiger partial charge in [0.2, 0.25) is 10.0 Å². The van der Waals surface area contributed by atoms with Crippen molar-refractivity contribution >= 4 is 39.1 Å². The van der Waals surface area contributed by atoms with Gasteiger partial charge in [0.25, 0.3) is 17.6 Å². The topological polar surface area (TPSA) is 128 Å². The Kier molecular flexibility index (Phi) is 8.74. The van der Waals surface area contributed by atoms with Crippen molar-refractivity contribution in [1.82, 2.24) is 14.1 Å². The average molecular weight is 663 g/mol. The molecule has 3 aliphatic heterocycles. The van der Waals surface area contributed by atoms with Crippen LogP contribution in [0.4, 0.5) is 10.1 Å². The zero-order chi connectivity index (χ0) is 33.5. The highest BCUT2D eigenvalue weighted by atomic mass is 32.2. The number of likely N-dealkylation sites (tertiary alicyclic amines) is 1. The number of halogens is 1. The number of hydrogen-bond donors (Lipinski definition) is 1. The Morgan fingerprint density at radius 2 is 1.62 bits per heavy atom. The highest BCUT2D eigenvalue weighted by molar-refractivity contribution is 7.89. The SMILES string of the molecule is CN(C)CCCN1C(=O)C(=O)C(=C(O)c2ccc(S(=O)(=O)N3CCOCC3)cc2)C12C(=O)N(Cc1ccccc1F)c1ccccc12. The molecule has 2 fully saturated rings. The molecule has 3 heterocycles. The maximum Gasteiger partial charge on any atom is 0.296 e. The molecule has 0 aromatic heterocycles. The lowest BCUT2D eigenvalue weighted by molar-refractivity contribution is -0.143. The number of carbonyl (C=O) groups excluding carboxylic acids is 3. The quantitative estimate of drug-likeness (QED) is 0.211. The van der Waals surface area contributed by atoms with Gasteiger partial charge in [-0.25, -0.2) is 12.8 Å². The lowest BCUT2D eigenvalue weighted by Gasteiger charge is -2.35. The van der Waals surface area contributed by atoms with E-state index in [0.29, 0.717) is 24.2 Å². The number of ether oxygens (including phenoxy) is 1. The monoisotopic (exact) mass is 662 g/mol. The molecule has 2 amide bonds. The van der Waals surface area contributed by atoms with Crippen molar-refractivity contribution in [2.45, 2.75) is 23.4 Å². The molecule has 47 heavy (non-hydrogen) atoms. The second-order valence-corrected chi connectivity index (χ2v) is 13.9. The van der Waals surface area contributed by atoms with Crippen LogP contribution in [-0.2, 0) is 41.2 Å². The number of nitrogens with zero attached hydrogens (tertiary/aromatic N) is 4. The summed E-state index contributed by atoms with van der Waals surface area (Å²) in [5, 5.41) is 11.8. The van der Waals surface area contributed by atoms with E-state index in [9.17, 15) is 32.3 Å². The molecule has 6 rings (SSSR count). The third kappa shape index (κ3) is 5.42. The number of ketones is 1. The Morgan fingerprint density at radius 3 is 2.30 bits per heavy atom. The zero-order valence-corrected chi connectivity index (χ0v) is 26.9. The minimum Gasteiger partial charge on any atom is -0.507 e. The van der Waals surface area contributed by atoms with Crippen LogP contribution in [-0.4, -0.2) is 98.7 Å². The third-order valence-electron chi connectivity index (χ3n) is 8.82. The van der Waals surface area contributed by atoms with Gasteiger partial charge in [0.1, 0.15) is 11.6 Å². The number of aliphatic hydroxyl groups is 1. The number of rotatable bonds is 9. The highest BCUT2D eigenvalue weighted by Gasteiger charge is 2.67. The van der Waals surface area contributed by atoms with Crippen LogP contribution in [0.15, 0.2) is 83.3 Å². The van der Waals surface area contributed by atoms with E-state index in [1.54, 1.807) is 36.4 Å².